The highest BCUT2D eigenvalue weighted by Crippen LogP contribution is 1.83. The summed E-state index contributed by atoms with van der Waals surface area (Å²) in [6.07, 6.45) is 2.91. The molecule has 1 aromatic rings. The van der Waals surface area contributed by atoms with Crippen molar-refractivity contribution in [3.63, 3.8) is 0 Å². The molecule has 0 saturated carbocycles. The van der Waals surface area contributed by atoms with Crippen LogP contribution in [-0.4, -0.2) is 27.6 Å². The molecule has 0 radical (unpaired) electrons. The van der Waals surface area contributed by atoms with E-state index in [9.17, 15) is 4.79 Å². The second-order valence-electron chi connectivity index (χ2n) is 1.88. The molecular weight excluding hydrogens is 160 g/mol. The highest BCUT2D eigenvalue weighted by atomic mass is 16.5. The van der Waals surface area contributed by atoms with E-state index in [1.807, 2.05) is 0 Å². The van der Waals surface area contributed by atoms with Crippen LogP contribution >= 0.6 is 0 Å². The minimum Gasteiger partial charge on any atom is -0.449 e. The number of carbonyl (C=O) groups excluding carboxylic acids is 1. The smallest absolute Gasteiger partial charge is 0.330 e. The third-order valence-electron chi connectivity index (χ3n) is 1.03. The van der Waals surface area contributed by atoms with Crippen molar-refractivity contribution in [2.24, 2.45) is 0 Å². The Morgan fingerprint density at radius 3 is 2.83 bits per heavy atom. The largest absolute Gasteiger partial charge is 0.449 e. The summed E-state index contributed by atoms with van der Waals surface area (Å²) in [6.45, 7) is -0.297. The van der Waals surface area contributed by atoms with Crippen LogP contribution in [0, 0.1) is 11.3 Å². The van der Waals surface area contributed by atoms with Crippen molar-refractivity contribution < 1.29 is 9.53 Å². The highest BCUT2D eigenvalue weighted by molar-refractivity contribution is 5.68. The Morgan fingerprint density at radius 2 is 2.25 bits per heavy atom. The average molecular weight is 166 g/mol. The SMILES string of the molecule is N#CCOC(=O)Cn1nccn1. The van der Waals surface area contributed by atoms with Gasteiger partial charge >= 0.3 is 5.97 Å². The van der Waals surface area contributed by atoms with Crippen LogP contribution in [0.1, 0.15) is 0 Å². The monoisotopic (exact) mass is 166 g/mol. The van der Waals surface area contributed by atoms with Gasteiger partial charge in [-0.05, 0) is 0 Å². The van der Waals surface area contributed by atoms with Gasteiger partial charge in [-0.1, -0.05) is 0 Å². The standard InChI is InChI=1S/C6H6N4O2/c7-1-4-12-6(11)5-10-8-2-3-9-10/h2-3H,4-5H2. The van der Waals surface area contributed by atoms with E-state index in [0.29, 0.717) is 0 Å². The molecule has 0 amide bonds. The maximum atomic E-state index is 10.8. The number of aromatic nitrogens is 3. The van der Waals surface area contributed by atoms with Gasteiger partial charge in [0, 0.05) is 0 Å². The summed E-state index contributed by atoms with van der Waals surface area (Å²) < 4.78 is 4.46. The maximum Gasteiger partial charge on any atom is 0.330 e. The first-order valence-corrected chi connectivity index (χ1v) is 3.19. The second-order valence-corrected chi connectivity index (χ2v) is 1.88. The summed E-state index contributed by atoms with van der Waals surface area (Å²) in [7, 11) is 0. The molecule has 0 unspecified atom stereocenters. The molecule has 1 rings (SSSR count). The number of rotatable bonds is 3. The van der Waals surface area contributed by atoms with Gasteiger partial charge < -0.3 is 4.74 Å². The van der Waals surface area contributed by atoms with Gasteiger partial charge in [-0.25, -0.2) is 4.79 Å². The summed E-state index contributed by atoms with van der Waals surface area (Å²) in [5, 5.41) is 15.4. The van der Waals surface area contributed by atoms with Crippen LogP contribution in [0.15, 0.2) is 12.4 Å². The van der Waals surface area contributed by atoms with Crippen molar-refractivity contribution in [3.8, 4) is 6.07 Å². The van der Waals surface area contributed by atoms with Gasteiger partial charge in [0.2, 0.25) is 0 Å². The molecule has 1 aromatic heterocycles. The Hall–Kier alpha value is -1.90. The lowest BCUT2D eigenvalue weighted by atomic mass is 10.7. The molecule has 0 bridgehead atoms. The predicted molar refractivity (Wildman–Crippen MR) is 36.6 cm³/mol. The van der Waals surface area contributed by atoms with Gasteiger partial charge in [0.25, 0.3) is 0 Å². The first kappa shape index (κ1) is 8.20. The maximum absolute atomic E-state index is 10.8. The molecule has 12 heavy (non-hydrogen) atoms. The quantitative estimate of drug-likeness (QED) is 0.557. The van der Waals surface area contributed by atoms with E-state index in [-0.39, 0.29) is 13.2 Å². The fourth-order valence-electron chi connectivity index (χ4n) is 0.599. The van der Waals surface area contributed by atoms with Gasteiger partial charge in [-0.3, -0.25) is 0 Å². The van der Waals surface area contributed by atoms with Crippen LogP contribution in [0.2, 0.25) is 0 Å². The van der Waals surface area contributed by atoms with Crippen LogP contribution < -0.4 is 0 Å². The van der Waals surface area contributed by atoms with E-state index in [1.165, 1.54) is 17.2 Å². The van der Waals surface area contributed by atoms with Crippen LogP contribution in [0.25, 0.3) is 0 Å². The van der Waals surface area contributed by atoms with Gasteiger partial charge in [0.15, 0.2) is 13.2 Å². The number of nitriles is 1. The van der Waals surface area contributed by atoms with Crippen LogP contribution in [0.5, 0.6) is 0 Å². The summed E-state index contributed by atoms with van der Waals surface area (Å²) in [5.41, 5.74) is 0. The lowest BCUT2D eigenvalue weighted by molar-refractivity contribution is -0.143. The number of carbonyl (C=O) groups is 1. The molecule has 0 fully saturated rings. The van der Waals surface area contributed by atoms with Crippen molar-refractivity contribution in [3.05, 3.63) is 12.4 Å². The number of esters is 1. The lowest BCUT2D eigenvalue weighted by Crippen LogP contribution is -2.15. The fourth-order valence-corrected chi connectivity index (χ4v) is 0.599. The van der Waals surface area contributed by atoms with Crippen molar-refractivity contribution in [1.29, 1.82) is 5.26 Å². The van der Waals surface area contributed by atoms with E-state index in [0.717, 1.165) is 0 Å². The number of hydrogen-bond donors (Lipinski definition) is 0. The molecular formula is C6H6N4O2. The van der Waals surface area contributed by atoms with E-state index in [2.05, 4.69) is 14.9 Å². The molecule has 0 N–H and O–H groups in total. The van der Waals surface area contributed by atoms with Crippen molar-refractivity contribution >= 4 is 5.97 Å². The molecule has 6 heteroatoms. The lowest BCUT2D eigenvalue weighted by Gasteiger charge is -1.97. The molecule has 0 atom stereocenters. The Labute approximate surface area is 68.4 Å². The molecule has 0 spiro atoms. The van der Waals surface area contributed by atoms with E-state index < -0.39 is 5.97 Å². The molecule has 6 nitrogen and oxygen atoms in total. The molecule has 1 heterocycles. The minimum absolute atomic E-state index is 0.0608. The normalized spacial score (nSPS) is 8.92. The Kier molecular flexibility index (Phi) is 2.79. The Balaban J connectivity index is 2.33. The molecule has 0 aliphatic carbocycles. The van der Waals surface area contributed by atoms with Gasteiger partial charge in [0.1, 0.15) is 6.07 Å². The van der Waals surface area contributed by atoms with Crippen LogP contribution in [0.4, 0.5) is 0 Å². The zero-order chi connectivity index (χ0) is 8.81. The van der Waals surface area contributed by atoms with Crippen LogP contribution in [0.3, 0.4) is 0 Å². The summed E-state index contributed by atoms with van der Waals surface area (Å²) in [5.74, 6) is -0.521. The zero-order valence-corrected chi connectivity index (χ0v) is 6.17. The average Bonchev–Trinajstić information content (AvgIpc) is 2.53. The summed E-state index contributed by atoms with van der Waals surface area (Å²) >= 11 is 0. The predicted octanol–water partition coefficient (Wildman–Crippen LogP) is -0.655. The topological polar surface area (TPSA) is 80.8 Å². The van der Waals surface area contributed by atoms with Gasteiger partial charge in [-0.2, -0.15) is 20.3 Å². The molecule has 62 valence electrons. The summed E-state index contributed by atoms with van der Waals surface area (Å²) in [6, 6.07) is 1.69. The Bertz CT molecular complexity index is 287. The van der Waals surface area contributed by atoms with Crippen molar-refractivity contribution in [2.75, 3.05) is 6.61 Å². The van der Waals surface area contributed by atoms with E-state index in [4.69, 9.17) is 5.26 Å². The number of ether oxygens (including phenoxy) is 1. The van der Waals surface area contributed by atoms with E-state index >= 15 is 0 Å². The van der Waals surface area contributed by atoms with Gasteiger partial charge in [-0.15, -0.1) is 0 Å². The summed E-state index contributed by atoms with van der Waals surface area (Å²) in [4.78, 5) is 12.0. The van der Waals surface area contributed by atoms with E-state index in [1.54, 1.807) is 6.07 Å². The zero-order valence-electron chi connectivity index (χ0n) is 6.17. The highest BCUT2D eigenvalue weighted by Gasteiger charge is 2.03. The van der Waals surface area contributed by atoms with Crippen molar-refractivity contribution in [1.82, 2.24) is 15.0 Å². The fraction of sp³-hybridized carbons (Fsp3) is 0.333. The Morgan fingerprint density at radius 1 is 1.58 bits per heavy atom. The number of nitrogens with zero attached hydrogens (tertiary/aromatic N) is 4. The van der Waals surface area contributed by atoms with Crippen molar-refractivity contribution in [2.45, 2.75) is 6.54 Å². The second kappa shape index (κ2) is 4.08. The molecule has 0 aliphatic heterocycles. The molecule has 0 aromatic carbocycles. The number of hydrogen-bond acceptors (Lipinski definition) is 5. The first-order chi connectivity index (χ1) is 5.83. The van der Waals surface area contributed by atoms with Crippen LogP contribution in [-0.2, 0) is 16.1 Å². The van der Waals surface area contributed by atoms with Gasteiger partial charge in [0.05, 0.1) is 12.4 Å². The third kappa shape index (κ3) is 2.38. The third-order valence-corrected chi connectivity index (χ3v) is 1.03. The minimum atomic E-state index is -0.521. The molecule has 0 saturated heterocycles. The first-order valence-electron chi connectivity index (χ1n) is 3.19. The molecule has 0 aliphatic rings.